The molecule has 1 fully saturated rings. The van der Waals surface area contributed by atoms with Crippen LogP contribution < -0.4 is 0 Å². The Morgan fingerprint density at radius 1 is 1.23 bits per heavy atom. The van der Waals surface area contributed by atoms with Crippen molar-refractivity contribution in [2.75, 3.05) is 26.2 Å². The molecule has 0 bridgehead atoms. The van der Waals surface area contributed by atoms with E-state index in [4.69, 9.17) is 4.74 Å². The maximum absolute atomic E-state index is 14.2. The van der Waals surface area contributed by atoms with Gasteiger partial charge in [-0.3, -0.25) is 4.79 Å². The molecule has 0 radical (unpaired) electrons. The molecule has 1 aliphatic heterocycles. The molecule has 0 spiro atoms. The van der Waals surface area contributed by atoms with Gasteiger partial charge in [0.25, 0.3) is 0 Å². The number of ether oxygens (including phenoxy) is 1. The van der Waals surface area contributed by atoms with Crippen molar-refractivity contribution in [3.05, 3.63) is 0 Å². The summed E-state index contributed by atoms with van der Waals surface area (Å²) in [7, 11) is 0. The van der Waals surface area contributed by atoms with Crippen molar-refractivity contribution in [1.82, 2.24) is 4.90 Å². The van der Waals surface area contributed by atoms with Crippen molar-refractivity contribution in [2.45, 2.75) is 72.1 Å². The number of halogens is 1. The van der Waals surface area contributed by atoms with E-state index in [0.717, 1.165) is 45.4 Å². The minimum atomic E-state index is -0.847. The van der Waals surface area contributed by atoms with Gasteiger partial charge in [0, 0.05) is 25.5 Å². The van der Waals surface area contributed by atoms with Crippen LogP contribution in [-0.2, 0) is 9.53 Å². The summed E-state index contributed by atoms with van der Waals surface area (Å²) in [5.41, 5.74) is 0. The number of alkyl halides is 1. The summed E-state index contributed by atoms with van der Waals surface area (Å²) < 4.78 is 19.7. The van der Waals surface area contributed by atoms with Crippen LogP contribution in [0.1, 0.15) is 59.8 Å². The zero-order valence-electron chi connectivity index (χ0n) is 14.8. The molecule has 1 saturated heterocycles. The summed E-state index contributed by atoms with van der Waals surface area (Å²) in [4.78, 5) is 14.0. The largest absolute Gasteiger partial charge is 0.379 e. The monoisotopic (exact) mass is 315 g/mol. The fourth-order valence-electron chi connectivity index (χ4n) is 2.88. The topological polar surface area (TPSA) is 29.5 Å². The fourth-order valence-corrected chi connectivity index (χ4v) is 2.88. The van der Waals surface area contributed by atoms with Crippen LogP contribution >= 0.6 is 0 Å². The number of rotatable bonds is 10. The number of hydrogen-bond acceptors (Lipinski definition) is 3. The Morgan fingerprint density at radius 3 is 2.55 bits per heavy atom. The molecule has 22 heavy (non-hydrogen) atoms. The van der Waals surface area contributed by atoms with Gasteiger partial charge in [-0.2, -0.15) is 0 Å². The highest BCUT2D eigenvalue weighted by atomic mass is 19.1. The zero-order valence-corrected chi connectivity index (χ0v) is 14.8. The van der Waals surface area contributed by atoms with Gasteiger partial charge in [-0.1, -0.05) is 13.8 Å². The van der Waals surface area contributed by atoms with Gasteiger partial charge >= 0.3 is 0 Å². The van der Waals surface area contributed by atoms with E-state index in [-0.39, 0.29) is 17.6 Å². The average molecular weight is 315 g/mol. The molecule has 2 atom stereocenters. The van der Waals surface area contributed by atoms with Crippen molar-refractivity contribution in [3.8, 4) is 0 Å². The second kappa shape index (κ2) is 10.3. The van der Waals surface area contributed by atoms with Crippen LogP contribution in [0.15, 0.2) is 0 Å². The molecule has 0 aromatic carbocycles. The van der Waals surface area contributed by atoms with Gasteiger partial charge < -0.3 is 9.64 Å². The summed E-state index contributed by atoms with van der Waals surface area (Å²) >= 11 is 0. The summed E-state index contributed by atoms with van der Waals surface area (Å²) in [6, 6.07) is 0. The minimum absolute atomic E-state index is 0.0262. The van der Waals surface area contributed by atoms with Gasteiger partial charge in [0.2, 0.25) is 0 Å². The van der Waals surface area contributed by atoms with Gasteiger partial charge in [0.15, 0.2) is 0 Å². The number of unbranched alkanes of at least 4 members (excludes halogenated alkanes) is 2. The van der Waals surface area contributed by atoms with Crippen molar-refractivity contribution in [2.24, 2.45) is 11.8 Å². The summed E-state index contributed by atoms with van der Waals surface area (Å²) in [6.07, 6.45) is 4.01. The van der Waals surface area contributed by atoms with Gasteiger partial charge in [0.05, 0.1) is 6.10 Å². The predicted octanol–water partition coefficient (Wildman–Crippen LogP) is 3.86. The second-order valence-corrected chi connectivity index (χ2v) is 7.17. The molecule has 130 valence electrons. The molecule has 1 aliphatic rings. The molecule has 0 amide bonds. The maximum atomic E-state index is 14.2. The van der Waals surface area contributed by atoms with E-state index in [9.17, 15) is 9.18 Å². The predicted molar refractivity (Wildman–Crippen MR) is 88.8 cm³/mol. The third-order valence-electron chi connectivity index (χ3n) is 4.44. The van der Waals surface area contributed by atoms with Gasteiger partial charge in [-0.15, -0.1) is 0 Å². The Balaban J connectivity index is 2.14. The van der Waals surface area contributed by atoms with Crippen molar-refractivity contribution in [1.29, 1.82) is 0 Å². The number of nitrogens with zero attached hydrogens (tertiary/aromatic N) is 1. The lowest BCUT2D eigenvalue weighted by atomic mass is 9.87. The van der Waals surface area contributed by atoms with Crippen LogP contribution in [-0.4, -0.2) is 49.2 Å². The lowest BCUT2D eigenvalue weighted by molar-refractivity contribution is -0.123. The molecule has 3 nitrogen and oxygen atoms in total. The standard InChI is InChI=1S/C18H34FNO2/c1-14(2)18(21)12-16-8-10-20(13-17(16)19)9-6-5-7-11-22-15(3)4/h14-17H,5-13H2,1-4H3. The van der Waals surface area contributed by atoms with Crippen LogP contribution in [0, 0.1) is 11.8 Å². The molecule has 0 aromatic heterocycles. The number of piperidine rings is 1. The SMILES string of the molecule is CC(C)OCCCCCN1CCC(CC(=O)C(C)C)C(F)C1. The van der Waals surface area contributed by atoms with E-state index in [1.165, 1.54) is 0 Å². The minimum Gasteiger partial charge on any atom is -0.379 e. The first-order chi connectivity index (χ1) is 10.4. The van der Waals surface area contributed by atoms with Gasteiger partial charge in [-0.25, -0.2) is 4.39 Å². The van der Waals surface area contributed by atoms with Crippen LogP contribution in [0.2, 0.25) is 0 Å². The number of Topliss-reactive ketones (excluding diaryl/α,β-unsaturated/α-hetero) is 1. The third-order valence-corrected chi connectivity index (χ3v) is 4.44. The first-order valence-corrected chi connectivity index (χ1v) is 8.91. The zero-order chi connectivity index (χ0) is 16.5. The van der Waals surface area contributed by atoms with Crippen molar-refractivity contribution < 1.29 is 13.9 Å². The lowest BCUT2D eigenvalue weighted by Gasteiger charge is -2.34. The van der Waals surface area contributed by atoms with E-state index in [2.05, 4.69) is 18.7 Å². The van der Waals surface area contributed by atoms with E-state index in [1.807, 2.05) is 13.8 Å². The number of likely N-dealkylation sites (tertiary alicyclic amines) is 1. The van der Waals surface area contributed by atoms with Crippen LogP contribution in [0.5, 0.6) is 0 Å². The molecule has 0 saturated carbocycles. The maximum Gasteiger partial charge on any atom is 0.135 e. The van der Waals surface area contributed by atoms with Gasteiger partial charge in [0.1, 0.15) is 12.0 Å². The van der Waals surface area contributed by atoms with Crippen LogP contribution in [0.25, 0.3) is 0 Å². The number of carbonyl (C=O) groups is 1. The van der Waals surface area contributed by atoms with Crippen LogP contribution in [0.3, 0.4) is 0 Å². The highest BCUT2D eigenvalue weighted by Gasteiger charge is 2.30. The Bertz CT molecular complexity index is 320. The number of ketones is 1. The third kappa shape index (κ3) is 7.68. The summed E-state index contributed by atoms with van der Waals surface area (Å²) in [5, 5.41) is 0. The molecule has 0 aliphatic carbocycles. The fraction of sp³-hybridized carbons (Fsp3) is 0.944. The number of carbonyl (C=O) groups excluding carboxylic acids is 1. The van der Waals surface area contributed by atoms with E-state index in [1.54, 1.807) is 0 Å². The Kier molecular flexibility index (Phi) is 9.18. The Labute approximate surface area is 135 Å². The average Bonchev–Trinajstić information content (AvgIpc) is 2.44. The molecule has 0 aromatic rings. The highest BCUT2D eigenvalue weighted by Crippen LogP contribution is 2.25. The molecule has 1 heterocycles. The number of hydrogen-bond donors (Lipinski definition) is 0. The van der Waals surface area contributed by atoms with E-state index < -0.39 is 6.17 Å². The molecular weight excluding hydrogens is 281 g/mol. The highest BCUT2D eigenvalue weighted by molar-refractivity contribution is 5.80. The Morgan fingerprint density at radius 2 is 1.95 bits per heavy atom. The van der Waals surface area contributed by atoms with E-state index in [0.29, 0.717) is 19.1 Å². The summed E-state index contributed by atoms with van der Waals surface area (Å²) in [6.45, 7) is 11.1. The van der Waals surface area contributed by atoms with Crippen LogP contribution in [0.4, 0.5) is 4.39 Å². The van der Waals surface area contributed by atoms with Crippen molar-refractivity contribution in [3.63, 3.8) is 0 Å². The second-order valence-electron chi connectivity index (χ2n) is 7.17. The van der Waals surface area contributed by atoms with Crippen molar-refractivity contribution >= 4 is 5.78 Å². The molecule has 4 heteroatoms. The normalized spacial score (nSPS) is 23.4. The van der Waals surface area contributed by atoms with Gasteiger partial charge in [-0.05, 0) is 58.5 Å². The van der Waals surface area contributed by atoms with E-state index >= 15 is 0 Å². The lowest BCUT2D eigenvalue weighted by Crippen LogP contribution is -2.43. The Hall–Kier alpha value is -0.480. The molecule has 2 unspecified atom stereocenters. The summed E-state index contributed by atoms with van der Waals surface area (Å²) in [5.74, 6) is 0.162. The molecular formula is C18H34FNO2. The first-order valence-electron chi connectivity index (χ1n) is 8.91. The quantitative estimate of drug-likeness (QED) is 0.573. The molecule has 0 N–H and O–H groups in total. The molecule has 1 rings (SSSR count). The smallest absolute Gasteiger partial charge is 0.135 e. The first kappa shape index (κ1) is 19.6.